The number of likely N-dealkylation sites (N-methyl/N-ethyl adjacent to an activating group) is 1. The molecule has 6 nitrogen and oxygen atoms in total. The van der Waals surface area contributed by atoms with E-state index in [1.165, 1.54) is 23.6 Å². The maximum Gasteiger partial charge on any atom is 0.161 e. The first-order valence-electron chi connectivity index (χ1n) is 12.7. The van der Waals surface area contributed by atoms with Crippen LogP contribution in [0.15, 0.2) is 60.4 Å². The largest absolute Gasteiger partial charge is 0.369 e. The van der Waals surface area contributed by atoms with E-state index in [0.717, 1.165) is 60.8 Å². The normalized spacial score (nSPS) is 9.92. The number of aldehydes is 1. The topological polar surface area (TPSA) is 71.0 Å². The smallest absolute Gasteiger partial charge is 0.161 e. The third-order valence-electron chi connectivity index (χ3n) is 5.20. The summed E-state index contributed by atoms with van der Waals surface area (Å²) in [6.07, 6.45) is 5.34. The summed E-state index contributed by atoms with van der Waals surface area (Å²) < 4.78 is 0. The van der Waals surface area contributed by atoms with Crippen molar-refractivity contribution in [1.29, 1.82) is 0 Å². The molecule has 2 aromatic heterocycles. The van der Waals surface area contributed by atoms with Gasteiger partial charge in [0.05, 0.1) is 5.69 Å². The summed E-state index contributed by atoms with van der Waals surface area (Å²) in [5, 5.41) is 3.55. The molecule has 0 bridgehead atoms. The predicted octanol–water partition coefficient (Wildman–Crippen LogP) is 6.83. The molecule has 0 aliphatic heterocycles. The Hall–Kier alpha value is -3.38. The van der Waals surface area contributed by atoms with Crippen LogP contribution in [0.3, 0.4) is 0 Å². The molecule has 0 saturated carbocycles. The van der Waals surface area contributed by atoms with Crippen LogP contribution in [0.25, 0.3) is 17.0 Å². The lowest BCUT2D eigenvalue weighted by atomic mass is 9.99. The monoisotopic (exact) mass is 489 g/mol. The Labute approximate surface area is 217 Å². The van der Waals surface area contributed by atoms with E-state index >= 15 is 0 Å². The highest BCUT2D eigenvalue weighted by Gasteiger charge is 2.19. The minimum atomic E-state index is 0.730. The fourth-order valence-electron chi connectivity index (χ4n) is 3.64. The van der Waals surface area contributed by atoms with Crippen molar-refractivity contribution in [1.82, 2.24) is 19.9 Å². The van der Waals surface area contributed by atoms with E-state index in [0.29, 0.717) is 0 Å². The molecule has 0 radical (unpaired) electrons. The molecule has 1 N–H and O–H groups in total. The van der Waals surface area contributed by atoms with Crippen molar-refractivity contribution in [3.05, 3.63) is 77.3 Å². The van der Waals surface area contributed by atoms with E-state index in [4.69, 9.17) is 14.8 Å². The molecule has 0 spiro atoms. The van der Waals surface area contributed by atoms with E-state index in [1.807, 2.05) is 26.0 Å². The predicted molar refractivity (Wildman–Crippen MR) is 153 cm³/mol. The molecule has 0 fully saturated rings. The van der Waals surface area contributed by atoms with Crippen LogP contribution in [0.5, 0.6) is 0 Å². The quantitative estimate of drug-likeness (QED) is 0.332. The van der Waals surface area contributed by atoms with Gasteiger partial charge >= 0.3 is 0 Å². The summed E-state index contributed by atoms with van der Waals surface area (Å²) in [7, 11) is 2.16. The van der Waals surface area contributed by atoms with Crippen molar-refractivity contribution in [2.24, 2.45) is 0 Å². The molecule has 0 amide bonds. The SMILES string of the molecule is CC.CC=O.CCCNc1nc(-c2ccncc2)nc(C)c1C(CN(C)Cc1ccccc1)=C(C)C. The Morgan fingerprint density at radius 3 is 2.19 bits per heavy atom. The summed E-state index contributed by atoms with van der Waals surface area (Å²) >= 11 is 0. The van der Waals surface area contributed by atoms with Crippen LogP contribution >= 0.6 is 0 Å². The van der Waals surface area contributed by atoms with Crippen molar-refractivity contribution in [2.75, 3.05) is 25.5 Å². The summed E-state index contributed by atoms with van der Waals surface area (Å²) in [5.74, 6) is 1.64. The Morgan fingerprint density at radius 2 is 1.64 bits per heavy atom. The maximum absolute atomic E-state index is 8.81. The number of anilines is 1. The number of hydrogen-bond donors (Lipinski definition) is 1. The highest BCUT2D eigenvalue weighted by molar-refractivity contribution is 5.79. The molecular formula is C30H43N5O. The zero-order chi connectivity index (χ0) is 26.9. The number of carbonyl (C=O) groups is 1. The van der Waals surface area contributed by atoms with Crippen molar-refractivity contribution >= 4 is 17.7 Å². The number of benzene rings is 1. The van der Waals surface area contributed by atoms with Crippen LogP contribution in [0.1, 0.15) is 64.8 Å². The standard InChI is InChI=1S/C26H33N5.C2H4O.C2H6/c1-6-14-28-26-24(20(4)29-25(30-26)22-12-15-27-16-13-22)23(19(2)3)18-31(5)17-21-10-8-7-9-11-21;1-2-3;1-2/h7-13,15-16H,6,14,17-18H2,1-5H3,(H,28,29,30);2H,1H3;1-2H3. The van der Waals surface area contributed by atoms with Gasteiger partial charge in [-0.2, -0.15) is 0 Å². The number of allylic oxidation sites excluding steroid dienone is 1. The van der Waals surface area contributed by atoms with Gasteiger partial charge in [-0.1, -0.05) is 56.7 Å². The van der Waals surface area contributed by atoms with Gasteiger partial charge in [-0.3, -0.25) is 9.88 Å². The number of pyridine rings is 1. The van der Waals surface area contributed by atoms with Crippen LogP contribution in [0.2, 0.25) is 0 Å². The van der Waals surface area contributed by atoms with Gasteiger partial charge in [0.25, 0.3) is 0 Å². The third-order valence-corrected chi connectivity index (χ3v) is 5.20. The second-order valence-corrected chi connectivity index (χ2v) is 8.39. The number of carbonyl (C=O) groups excluding carboxylic acids is 1. The first kappa shape index (κ1) is 30.7. The Balaban J connectivity index is 0.00000120. The van der Waals surface area contributed by atoms with Gasteiger partial charge in [-0.15, -0.1) is 0 Å². The highest BCUT2D eigenvalue weighted by atomic mass is 16.1. The lowest BCUT2D eigenvalue weighted by Gasteiger charge is -2.23. The summed E-state index contributed by atoms with van der Waals surface area (Å²) in [6, 6.07) is 14.5. The number of aromatic nitrogens is 3. The van der Waals surface area contributed by atoms with Crippen LogP contribution in [0, 0.1) is 6.92 Å². The van der Waals surface area contributed by atoms with Crippen molar-refractivity contribution in [3.63, 3.8) is 0 Å². The molecule has 3 aromatic rings. The number of hydrogen-bond acceptors (Lipinski definition) is 6. The Kier molecular flexibility index (Phi) is 14.6. The van der Waals surface area contributed by atoms with E-state index in [2.05, 4.69) is 80.3 Å². The van der Waals surface area contributed by atoms with Crippen molar-refractivity contribution < 1.29 is 4.79 Å². The van der Waals surface area contributed by atoms with Gasteiger partial charge in [0.1, 0.15) is 12.1 Å². The zero-order valence-electron chi connectivity index (χ0n) is 23.3. The molecule has 3 rings (SSSR count). The lowest BCUT2D eigenvalue weighted by Crippen LogP contribution is -2.22. The lowest BCUT2D eigenvalue weighted by molar-refractivity contribution is -0.106. The van der Waals surface area contributed by atoms with Gasteiger partial charge < -0.3 is 10.1 Å². The summed E-state index contributed by atoms with van der Waals surface area (Å²) in [5.41, 5.74) is 6.95. The average molecular weight is 490 g/mol. The van der Waals surface area contributed by atoms with E-state index in [-0.39, 0.29) is 0 Å². The van der Waals surface area contributed by atoms with E-state index in [9.17, 15) is 0 Å². The van der Waals surface area contributed by atoms with Gasteiger partial charge in [-0.25, -0.2) is 9.97 Å². The van der Waals surface area contributed by atoms with Crippen molar-refractivity contribution in [3.8, 4) is 11.4 Å². The van der Waals surface area contributed by atoms with Gasteiger partial charge in [0.15, 0.2) is 5.82 Å². The molecule has 1 aromatic carbocycles. The van der Waals surface area contributed by atoms with Crippen LogP contribution in [0.4, 0.5) is 5.82 Å². The first-order chi connectivity index (χ1) is 17.4. The Morgan fingerprint density at radius 1 is 1.03 bits per heavy atom. The van der Waals surface area contributed by atoms with Crippen molar-refractivity contribution in [2.45, 2.75) is 61.4 Å². The minimum Gasteiger partial charge on any atom is -0.369 e. The molecule has 194 valence electrons. The average Bonchev–Trinajstić information content (AvgIpc) is 2.89. The number of rotatable bonds is 9. The summed E-state index contributed by atoms with van der Waals surface area (Å²) in [6.45, 7) is 16.6. The number of nitrogens with one attached hydrogen (secondary N) is 1. The maximum atomic E-state index is 8.81. The zero-order valence-corrected chi connectivity index (χ0v) is 23.3. The fourth-order valence-corrected chi connectivity index (χ4v) is 3.64. The molecule has 6 heteroatoms. The number of nitrogens with zero attached hydrogens (tertiary/aromatic N) is 4. The minimum absolute atomic E-state index is 0.730. The molecule has 2 heterocycles. The number of aryl methyl sites for hydroxylation is 1. The fraction of sp³-hybridized carbons (Fsp3) is 0.400. The molecule has 0 unspecified atom stereocenters. The highest BCUT2D eigenvalue weighted by Crippen LogP contribution is 2.31. The third kappa shape index (κ3) is 9.70. The molecule has 36 heavy (non-hydrogen) atoms. The van der Waals surface area contributed by atoms with Crippen LogP contribution < -0.4 is 5.32 Å². The van der Waals surface area contributed by atoms with Gasteiger partial charge in [-0.05, 0) is 64.4 Å². The van der Waals surface area contributed by atoms with Crippen LogP contribution in [-0.2, 0) is 11.3 Å². The second kappa shape index (κ2) is 17.1. The van der Waals surface area contributed by atoms with Crippen LogP contribution in [-0.4, -0.2) is 46.3 Å². The Bertz CT molecular complexity index is 1060. The second-order valence-electron chi connectivity index (χ2n) is 8.39. The molecular weight excluding hydrogens is 446 g/mol. The first-order valence-corrected chi connectivity index (χ1v) is 12.7. The summed E-state index contributed by atoms with van der Waals surface area (Å²) in [4.78, 5) is 25.1. The van der Waals surface area contributed by atoms with E-state index in [1.54, 1.807) is 12.4 Å². The van der Waals surface area contributed by atoms with Gasteiger partial charge in [0.2, 0.25) is 0 Å². The molecule has 0 aliphatic carbocycles. The van der Waals surface area contributed by atoms with E-state index < -0.39 is 0 Å². The molecule has 0 atom stereocenters. The molecule has 0 saturated heterocycles. The van der Waals surface area contributed by atoms with Gasteiger partial charge in [0, 0.05) is 43.2 Å². The molecule has 0 aliphatic rings.